The first-order valence-electron chi connectivity index (χ1n) is 5.29. The number of halogens is 2. The second-order valence-corrected chi connectivity index (χ2v) is 4.39. The molecule has 0 unspecified atom stereocenters. The average molecular weight is 304 g/mol. The molecule has 0 spiro atoms. The van der Waals surface area contributed by atoms with E-state index in [0.29, 0.717) is 23.2 Å². The SMILES string of the molecule is COCCNCC(=O)Cc1cccc(F)c1Br. The van der Waals surface area contributed by atoms with Gasteiger partial charge >= 0.3 is 0 Å². The molecule has 0 bridgehead atoms. The van der Waals surface area contributed by atoms with Crippen LogP contribution >= 0.6 is 15.9 Å². The van der Waals surface area contributed by atoms with Crippen molar-refractivity contribution in [3.8, 4) is 0 Å². The van der Waals surface area contributed by atoms with Gasteiger partial charge in [-0.3, -0.25) is 4.79 Å². The highest BCUT2D eigenvalue weighted by molar-refractivity contribution is 9.10. The zero-order valence-corrected chi connectivity index (χ0v) is 11.2. The van der Waals surface area contributed by atoms with E-state index in [1.807, 2.05) is 0 Å². The Hall–Kier alpha value is -0.780. The number of ether oxygens (including phenoxy) is 1. The van der Waals surface area contributed by atoms with Crippen LogP contribution in [0, 0.1) is 5.82 Å². The molecule has 1 N–H and O–H groups in total. The summed E-state index contributed by atoms with van der Waals surface area (Å²) in [7, 11) is 1.60. The largest absolute Gasteiger partial charge is 0.383 e. The molecule has 5 heteroatoms. The molecule has 0 saturated carbocycles. The molecule has 0 aliphatic heterocycles. The lowest BCUT2D eigenvalue weighted by Crippen LogP contribution is -2.27. The lowest BCUT2D eigenvalue weighted by Gasteiger charge is -2.06. The van der Waals surface area contributed by atoms with Gasteiger partial charge in [-0.2, -0.15) is 0 Å². The molecule has 0 aromatic heterocycles. The standard InChI is InChI=1S/C12H15BrFNO2/c1-17-6-5-15-8-10(16)7-9-3-2-4-11(14)12(9)13/h2-4,15H,5-8H2,1H3. The van der Waals surface area contributed by atoms with Crippen molar-refractivity contribution in [2.75, 3.05) is 26.8 Å². The minimum atomic E-state index is -0.345. The quantitative estimate of drug-likeness (QED) is 0.782. The van der Waals surface area contributed by atoms with Crippen molar-refractivity contribution in [1.82, 2.24) is 5.32 Å². The Bertz CT molecular complexity index is 385. The fourth-order valence-corrected chi connectivity index (χ4v) is 1.77. The van der Waals surface area contributed by atoms with Crippen LogP contribution in [-0.4, -0.2) is 32.6 Å². The van der Waals surface area contributed by atoms with Gasteiger partial charge in [0.25, 0.3) is 0 Å². The van der Waals surface area contributed by atoms with Gasteiger partial charge in [-0.1, -0.05) is 12.1 Å². The fraction of sp³-hybridized carbons (Fsp3) is 0.417. The number of nitrogens with one attached hydrogen (secondary N) is 1. The van der Waals surface area contributed by atoms with Crippen LogP contribution in [-0.2, 0) is 16.0 Å². The molecular formula is C12H15BrFNO2. The Morgan fingerprint density at radius 2 is 2.29 bits per heavy atom. The molecule has 0 atom stereocenters. The average Bonchev–Trinajstić information content (AvgIpc) is 2.31. The topological polar surface area (TPSA) is 38.3 Å². The summed E-state index contributed by atoms with van der Waals surface area (Å²) in [5, 5.41) is 2.96. The highest BCUT2D eigenvalue weighted by atomic mass is 79.9. The van der Waals surface area contributed by atoms with Crippen LogP contribution in [0.4, 0.5) is 4.39 Å². The zero-order valence-electron chi connectivity index (χ0n) is 9.63. The maximum Gasteiger partial charge on any atom is 0.151 e. The molecule has 0 aliphatic carbocycles. The highest BCUT2D eigenvalue weighted by Gasteiger charge is 2.09. The maximum absolute atomic E-state index is 13.2. The molecule has 0 fully saturated rings. The zero-order chi connectivity index (χ0) is 12.7. The number of methoxy groups -OCH3 is 1. The van der Waals surface area contributed by atoms with E-state index in [1.165, 1.54) is 6.07 Å². The van der Waals surface area contributed by atoms with Crippen LogP contribution < -0.4 is 5.32 Å². The van der Waals surface area contributed by atoms with Crippen molar-refractivity contribution in [3.05, 3.63) is 34.1 Å². The van der Waals surface area contributed by atoms with Gasteiger partial charge in [-0.15, -0.1) is 0 Å². The van der Waals surface area contributed by atoms with E-state index in [1.54, 1.807) is 19.2 Å². The number of Topliss-reactive ketones (excluding diaryl/α,β-unsaturated/α-hetero) is 1. The first kappa shape index (κ1) is 14.3. The molecular weight excluding hydrogens is 289 g/mol. The number of benzene rings is 1. The molecule has 0 aliphatic rings. The fourth-order valence-electron chi connectivity index (χ4n) is 1.36. The minimum Gasteiger partial charge on any atom is -0.383 e. The summed E-state index contributed by atoms with van der Waals surface area (Å²) in [5.41, 5.74) is 0.670. The van der Waals surface area contributed by atoms with E-state index in [9.17, 15) is 9.18 Å². The summed E-state index contributed by atoms with van der Waals surface area (Å²) in [4.78, 5) is 11.6. The maximum atomic E-state index is 13.2. The Kier molecular flexibility index (Phi) is 6.32. The van der Waals surface area contributed by atoms with E-state index in [0.717, 1.165) is 0 Å². The molecule has 1 aromatic rings. The van der Waals surface area contributed by atoms with Gasteiger partial charge in [-0.05, 0) is 27.6 Å². The van der Waals surface area contributed by atoms with Crippen molar-refractivity contribution < 1.29 is 13.9 Å². The Morgan fingerprint density at radius 3 is 3.00 bits per heavy atom. The van der Waals surface area contributed by atoms with Crippen molar-refractivity contribution in [2.24, 2.45) is 0 Å². The van der Waals surface area contributed by atoms with Crippen molar-refractivity contribution in [3.63, 3.8) is 0 Å². The van der Waals surface area contributed by atoms with Gasteiger partial charge in [0.15, 0.2) is 5.78 Å². The number of carbonyl (C=O) groups excluding carboxylic acids is 1. The second-order valence-electron chi connectivity index (χ2n) is 3.60. The van der Waals surface area contributed by atoms with Crippen LogP contribution in [0.3, 0.4) is 0 Å². The molecule has 0 saturated heterocycles. The van der Waals surface area contributed by atoms with Gasteiger partial charge < -0.3 is 10.1 Å². The molecule has 3 nitrogen and oxygen atoms in total. The van der Waals surface area contributed by atoms with E-state index >= 15 is 0 Å². The highest BCUT2D eigenvalue weighted by Crippen LogP contribution is 2.20. The lowest BCUT2D eigenvalue weighted by atomic mass is 10.1. The normalized spacial score (nSPS) is 10.5. The van der Waals surface area contributed by atoms with Crippen LogP contribution in [0.1, 0.15) is 5.56 Å². The lowest BCUT2D eigenvalue weighted by molar-refractivity contribution is -0.117. The predicted octanol–water partition coefficient (Wildman–Crippen LogP) is 1.94. The third kappa shape index (κ3) is 4.93. The summed E-state index contributed by atoms with van der Waals surface area (Å²) in [6, 6.07) is 4.69. The number of carbonyl (C=O) groups is 1. The van der Waals surface area contributed by atoms with Gasteiger partial charge in [0, 0.05) is 20.1 Å². The van der Waals surface area contributed by atoms with Gasteiger partial charge in [0.05, 0.1) is 17.6 Å². The van der Waals surface area contributed by atoms with E-state index in [-0.39, 0.29) is 24.6 Å². The monoisotopic (exact) mass is 303 g/mol. The molecule has 1 rings (SSSR count). The Balaban J connectivity index is 2.43. The van der Waals surface area contributed by atoms with Crippen molar-refractivity contribution in [2.45, 2.75) is 6.42 Å². The smallest absolute Gasteiger partial charge is 0.151 e. The van der Waals surface area contributed by atoms with Crippen LogP contribution in [0.2, 0.25) is 0 Å². The number of hydrogen-bond donors (Lipinski definition) is 1. The van der Waals surface area contributed by atoms with Crippen molar-refractivity contribution >= 4 is 21.7 Å². The van der Waals surface area contributed by atoms with Crippen LogP contribution in [0.5, 0.6) is 0 Å². The summed E-state index contributed by atoms with van der Waals surface area (Å²) in [6.07, 6.45) is 0.221. The van der Waals surface area contributed by atoms with E-state index in [2.05, 4.69) is 21.2 Å². The molecule has 17 heavy (non-hydrogen) atoms. The minimum absolute atomic E-state index is 0.0207. The van der Waals surface area contributed by atoms with Crippen molar-refractivity contribution in [1.29, 1.82) is 0 Å². The Labute approximate surface area is 108 Å². The predicted molar refractivity (Wildman–Crippen MR) is 67.6 cm³/mol. The van der Waals surface area contributed by atoms with E-state index in [4.69, 9.17) is 4.74 Å². The van der Waals surface area contributed by atoms with Gasteiger partial charge in [-0.25, -0.2) is 4.39 Å². The Morgan fingerprint density at radius 1 is 1.53 bits per heavy atom. The molecule has 1 aromatic carbocycles. The van der Waals surface area contributed by atoms with Crippen LogP contribution in [0.15, 0.2) is 22.7 Å². The van der Waals surface area contributed by atoms with Crippen LogP contribution in [0.25, 0.3) is 0 Å². The summed E-state index contributed by atoms with van der Waals surface area (Å²) < 4.78 is 18.4. The third-order valence-corrected chi connectivity index (χ3v) is 3.11. The molecule has 0 heterocycles. The molecule has 94 valence electrons. The number of hydrogen-bond acceptors (Lipinski definition) is 3. The van der Waals surface area contributed by atoms with E-state index < -0.39 is 0 Å². The molecule has 0 amide bonds. The van der Waals surface area contributed by atoms with Gasteiger partial charge in [0.1, 0.15) is 5.82 Å². The molecule has 0 radical (unpaired) electrons. The van der Waals surface area contributed by atoms with Gasteiger partial charge in [0.2, 0.25) is 0 Å². The first-order chi connectivity index (χ1) is 8.15. The first-order valence-corrected chi connectivity index (χ1v) is 6.08. The third-order valence-electron chi connectivity index (χ3n) is 2.22. The summed E-state index contributed by atoms with van der Waals surface area (Å²) in [5.74, 6) is -0.324. The summed E-state index contributed by atoms with van der Waals surface area (Å²) in [6.45, 7) is 1.47. The second kappa shape index (κ2) is 7.53. The summed E-state index contributed by atoms with van der Waals surface area (Å²) >= 11 is 3.13. The number of rotatable bonds is 7. The number of ketones is 1.